The van der Waals surface area contributed by atoms with Crippen molar-refractivity contribution in [3.63, 3.8) is 0 Å². The Morgan fingerprint density at radius 3 is 2.83 bits per heavy atom. The Morgan fingerprint density at radius 1 is 1.14 bits per heavy atom. The van der Waals surface area contributed by atoms with Crippen LogP contribution in [0.3, 0.4) is 0 Å². The van der Waals surface area contributed by atoms with E-state index in [1.807, 2.05) is 35.0 Å². The molecule has 4 aromatic rings. The lowest BCUT2D eigenvalue weighted by atomic mass is 10.1. The second-order valence-corrected chi connectivity index (χ2v) is 7.98. The van der Waals surface area contributed by atoms with Gasteiger partial charge >= 0.3 is 0 Å². The van der Waals surface area contributed by atoms with Crippen molar-refractivity contribution in [2.45, 2.75) is 13.1 Å². The number of methoxy groups -OCH3 is 1. The Morgan fingerprint density at radius 2 is 2.00 bits per heavy atom. The van der Waals surface area contributed by atoms with Crippen LogP contribution in [0.2, 0.25) is 0 Å². The van der Waals surface area contributed by atoms with E-state index in [0.717, 1.165) is 22.4 Å². The van der Waals surface area contributed by atoms with Crippen molar-refractivity contribution in [1.82, 2.24) is 25.2 Å². The predicted octanol–water partition coefficient (Wildman–Crippen LogP) is 2.88. The molecule has 5 rings (SSSR count). The summed E-state index contributed by atoms with van der Waals surface area (Å²) in [5.41, 5.74) is 3.72. The van der Waals surface area contributed by atoms with Gasteiger partial charge in [0.15, 0.2) is 18.1 Å². The summed E-state index contributed by atoms with van der Waals surface area (Å²) in [4.78, 5) is 34.0. The molecule has 1 aliphatic heterocycles. The van der Waals surface area contributed by atoms with E-state index in [2.05, 4.69) is 20.6 Å². The molecule has 3 heterocycles. The average Bonchev–Trinajstić information content (AvgIpc) is 3.39. The van der Waals surface area contributed by atoms with Crippen LogP contribution in [-0.4, -0.2) is 40.1 Å². The fourth-order valence-corrected chi connectivity index (χ4v) is 3.88. The summed E-state index contributed by atoms with van der Waals surface area (Å²) in [6, 6.07) is 14.6. The molecule has 0 atom stereocenters. The minimum absolute atomic E-state index is 0.173. The molecule has 9 heteroatoms. The van der Waals surface area contributed by atoms with E-state index in [-0.39, 0.29) is 25.0 Å². The Balaban J connectivity index is 1.54. The number of fused-ring (bicyclic) bond motifs is 7. The fourth-order valence-electron chi connectivity index (χ4n) is 3.88. The lowest BCUT2D eigenvalue weighted by molar-refractivity contribution is -0.123. The Hall–Kier alpha value is -4.66. The molecular formula is C26H23N5O4. The van der Waals surface area contributed by atoms with E-state index in [4.69, 9.17) is 9.47 Å². The summed E-state index contributed by atoms with van der Waals surface area (Å²) in [6.45, 7) is 0.437. The molecule has 2 N–H and O–H groups in total. The van der Waals surface area contributed by atoms with Crippen molar-refractivity contribution in [1.29, 1.82) is 0 Å². The number of imidazole rings is 1. The molecule has 9 nitrogen and oxygen atoms in total. The van der Waals surface area contributed by atoms with E-state index in [1.54, 1.807) is 50.0 Å². The largest absolute Gasteiger partial charge is 0.493 e. The van der Waals surface area contributed by atoms with Crippen molar-refractivity contribution in [3.05, 3.63) is 90.0 Å². The Bertz CT molecular complexity index is 1380. The van der Waals surface area contributed by atoms with E-state index in [9.17, 15) is 9.59 Å². The smallest absolute Gasteiger partial charge is 0.258 e. The van der Waals surface area contributed by atoms with Gasteiger partial charge in [-0.25, -0.2) is 4.98 Å². The highest BCUT2D eigenvalue weighted by molar-refractivity contribution is 5.95. The van der Waals surface area contributed by atoms with Gasteiger partial charge < -0.3 is 20.1 Å². The summed E-state index contributed by atoms with van der Waals surface area (Å²) in [7, 11) is 1.55. The van der Waals surface area contributed by atoms with E-state index >= 15 is 0 Å². The van der Waals surface area contributed by atoms with Gasteiger partial charge in [-0.15, -0.1) is 0 Å². The first-order valence-electron chi connectivity index (χ1n) is 11.0. The average molecular weight is 470 g/mol. The van der Waals surface area contributed by atoms with Crippen LogP contribution in [0.5, 0.6) is 11.5 Å². The van der Waals surface area contributed by atoms with Crippen molar-refractivity contribution in [2.75, 3.05) is 13.7 Å². The summed E-state index contributed by atoms with van der Waals surface area (Å²) in [5.74, 6) is 1.11. The molecule has 1 aliphatic rings. The number of hydrogen-bond donors (Lipinski definition) is 2. The van der Waals surface area contributed by atoms with Gasteiger partial charge in [0.05, 0.1) is 7.11 Å². The molecule has 0 saturated heterocycles. The van der Waals surface area contributed by atoms with Crippen molar-refractivity contribution in [2.24, 2.45) is 0 Å². The van der Waals surface area contributed by atoms with Gasteiger partial charge in [-0.1, -0.05) is 0 Å². The third-order valence-electron chi connectivity index (χ3n) is 5.63. The first-order chi connectivity index (χ1) is 17.1. The molecular weight excluding hydrogens is 446 g/mol. The molecule has 2 amide bonds. The molecule has 176 valence electrons. The van der Waals surface area contributed by atoms with E-state index < -0.39 is 0 Å². The first-order valence-corrected chi connectivity index (χ1v) is 11.0. The highest BCUT2D eigenvalue weighted by Crippen LogP contribution is 2.33. The normalized spacial score (nSPS) is 12.7. The second kappa shape index (κ2) is 9.68. The maximum atomic E-state index is 13.0. The zero-order valence-corrected chi connectivity index (χ0v) is 19.0. The quantitative estimate of drug-likeness (QED) is 0.476. The Labute approximate surface area is 201 Å². The molecule has 0 aliphatic carbocycles. The molecule has 0 spiro atoms. The Kier molecular flexibility index (Phi) is 6.13. The highest BCUT2D eigenvalue weighted by Gasteiger charge is 2.17. The predicted molar refractivity (Wildman–Crippen MR) is 128 cm³/mol. The summed E-state index contributed by atoms with van der Waals surface area (Å²) < 4.78 is 13.0. The van der Waals surface area contributed by atoms with Crippen molar-refractivity contribution in [3.8, 4) is 28.6 Å². The maximum absolute atomic E-state index is 13.0. The third kappa shape index (κ3) is 4.84. The zero-order chi connectivity index (χ0) is 24.2. The molecule has 35 heavy (non-hydrogen) atoms. The number of benzene rings is 2. The van der Waals surface area contributed by atoms with Gasteiger partial charge in [0.2, 0.25) is 0 Å². The topological polar surface area (TPSA) is 107 Å². The van der Waals surface area contributed by atoms with Crippen LogP contribution in [0.25, 0.3) is 17.1 Å². The van der Waals surface area contributed by atoms with Gasteiger partial charge in [-0.05, 0) is 59.7 Å². The van der Waals surface area contributed by atoms with Crippen LogP contribution in [0.4, 0.5) is 0 Å². The summed E-state index contributed by atoms with van der Waals surface area (Å²) in [6.07, 6.45) is 6.90. The van der Waals surface area contributed by atoms with Crippen LogP contribution in [0, 0.1) is 0 Å². The van der Waals surface area contributed by atoms with Crippen molar-refractivity contribution >= 4 is 11.8 Å². The number of carbonyl (C=O) groups is 2. The SMILES string of the molecule is COc1ccc2cc1OCC(=O)NCc1cc(C(=O)NCc3ccncc3)cc(c1)-n1ccnc1-2. The van der Waals surface area contributed by atoms with Crippen LogP contribution in [0.15, 0.2) is 73.3 Å². The minimum atomic E-state index is -0.288. The number of aromatic nitrogens is 3. The lowest BCUT2D eigenvalue weighted by Crippen LogP contribution is -2.29. The van der Waals surface area contributed by atoms with Crippen molar-refractivity contribution < 1.29 is 19.1 Å². The van der Waals surface area contributed by atoms with Gasteiger partial charge in [-0.3, -0.25) is 19.1 Å². The standard InChI is InChI=1S/C26H23N5O4/c1-34-22-3-2-19-13-23(22)35-16-24(32)29-15-18-10-20(12-21(11-18)31-9-8-28-25(19)31)26(33)30-14-17-4-6-27-7-5-17/h2-13H,14-16H2,1H3,(H,29,32)(H,30,33). The second-order valence-electron chi connectivity index (χ2n) is 7.98. The number of pyridine rings is 1. The maximum Gasteiger partial charge on any atom is 0.258 e. The van der Waals surface area contributed by atoms with E-state index in [1.165, 1.54) is 0 Å². The molecule has 0 unspecified atom stereocenters. The first kappa shape index (κ1) is 22.1. The number of ether oxygens (including phenoxy) is 2. The zero-order valence-electron chi connectivity index (χ0n) is 19.0. The molecule has 2 aromatic heterocycles. The summed E-state index contributed by atoms with van der Waals surface area (Å²) in [5, 5.41) is 5.79. The fraction of sp³-hybridized carbons (Fsp3) is 0.154. The number of hydrogen-bond acceptors (Lipinski definition) is 6. The van der Waals surface area contributed by atoms with Gasteiger partial charge in [-0.2, -0.15) is 0 Å². The molecule has 0 radical (unpaired) electrons. The molecule has 0 saturated carbocycles. The number of nitrogens with zero attached hydrogens (tertiary/aromatic N) is 3. The van der Waals surface area contributed by atoms with Crippen LogP contribution in [0.1, 0.15) is 21.5 Å². The number of amides is 2. The van der Waals surface area contributed by atoms with Crippen LogP contribution >= 0.6 is 0 Å². The molecule has 4 bridgehead atoms. The number of nitrogens with one attached hydrogen (secondary N) is 2. The monoisotopic (exact) mass is 469 g/mol. The number of rotatable bonds is 4. The third-order valence-corrected chi connectivity index (χ3v) is 5.63. The molecule has 2 aromatic carbocycles. The number of carbonyl (C=O) groups excluding carboxylic acids is 2. The van der Waals surface area contributed by atoms with Crippen LogP contribution < -0.4 is 20.1 Å². The van der Waals surface area contributed by atoms with Crippen LogP contribution in [-0.2, 0) is 17.9 Å². The van der Waals surface area contributed by atoms with Gasteiger partial charge in [0.25, 0.3) is 11.8 Å². The molecule has 0 fully saturated rings. The summed E-state index contributed by atoms with van der Waals surface area (Å²) >= 11 is 0. The van der Waals surface area contributed by atoms with Gasteiger partial charge in [0, 0.05) is 54.7 Å². The van der Waals surface area contributed by atoms with E-state index in [0.29, 0.717) is 29.4 Å². The van der Waals surface area contributed by atoms with Gasteiger partial charge in [0.1, 0.15) is 5.82 Å². The minimum Gasteiger partial charge on any atom is -0.493 e. The highest BCUT2D eigenvalue weighted by atomic mass is 16.5. The lowest BCUT2D eigenvalue weighted by Gasteiger charge is -2.14.